The second-order valence-electron chi connectivity index (χ2n) is 7.24. The van der Waals surface area contributed by atoms with Crippen molar-refractivity contribution >= 4 is 50.4 Å². The fraction of sp³-hybridized carbons (Fsp3) is 0.261. The summed E-state index contributed by atoms with van der Waals surface area (Å²) in [5.74, 6) is -1.68. The average molecular weight is 468 g/mol. The Morgan fingerprint density at radius 3 is 2.58 bits per heavy atom. The van der Waals surface area contributed by atoms with Crippen LogP contribution in [0.15, 0.2) is 36.4 Å². The molecule has 1 aliphatic heterocycles. The highest BCUT2D eigenvalue weighted by molar-refractivity contribution is 7.22. The van der Waals surface area contributed by atoms with E-state index in [9.17, 15) is 19.2 Å². The molecule has 2 heterocycles. The van der Waals surface area contributed by atoms with E-state index in [1.165, 1.54) is 34.4 Å². The number of anilines is 1. The van der Waals surface area contributed by atoms with E-state index in [0.717, 1.165) is 4.70 Å². The van der Waals surface area contributed by atoms with Gasteiger partial charge in [-0.15, -0.1) is 0 Å². The summed E-state index contributed by atoms with van der Waals surface area (Å²) in [6, 6.07) is 9.39. The Balaban J connectivity index is 1.51. The van der Waals surface area contributed by atoms with Gasteiger partial charge in [0.15, 0.2) is 5.13 Å². The van der Waals surface area contributed by atoms with Crippen molar-refractivity contribution < 1.29 is 28.7 Å². The molecular formula is C23H21N3O6S. The molecule has 0 radical (unpaired) electrons. The minimum Gasteiger partial charge on any atom is -0.462 e. The molecule has 0 unspecified atom stereocenters. The Hall–Kier alpha value is -3.63. The SMILES string of the molecule is CCOC(=O)c1ccc2nc(NC(=O)c3ccc4c(c3)C(=O)N(CCCOC)C4=O)sc2c1. The maximum absolute atomic E-state index is 12.8. The van der Waals surface area contributed by atoms with Gasteiger partial charge in [0, 0.05) is 25.8 Å². The van der Waals surface area contributed by atoms with Gasteiger partial charge in [-0.05, 0) is 49.7 Å². The van der Waals surface area contributed by atoms with Gasteiger partial charge in [0.25, 0.3) is 17.7 Å². The summed E-state index contributed by atoms with van der Waals surface area (Å²) in [7, 11) is 1.55. The summed E-state index contributed by atoms with van der Waals surface area (Å²) in [4.78, 5) is 55.4. The number of aromatic nitrogens is 1. The van der Waals surface area contributed by atoms with E-state index >= 15 is 0 Å². The topological polar surface area (TPSA) is 115 Å². The van der Waals surface area contributed by atoms with Gasteiger partial charge in [-0.2, -0.15) is 0 Å². The maximum atomic E-state index is 12.8. The van der Waals surface area contributed by atoms with Crippen LogP contribution in [0.1, 0.15) is 54.8 Å². The van der Waals surface area contributed by atoms with Crippen LogP contribution >= 0.6 is 11.3 Å². The molecule has 33 heavy (non-hydrogen) atoms. The number of imide groups is 1. The number of esters is 1. The Morgan fingerprint density at radius 1 is 1.06 bits per heavy atom. The molecule has 170 valence electrons. The van der Waals surface area contributed by atoms with E-state index < -0.39 is 17.8 Å². The molecule has 4 rings (SSSR count). The van der Waals surface area contributed by atoms with Crippen molar-refractivity contribution in [1.29, 1.82) is 0 Å². The number of carbonyl (C=O) groups excluding carboxylic acids is 4. The zero-order valence-corrected chi connectivity index (χ0v) is 18.9. The van der Waals surface area contributed by atoms with E-state index in [0.29, 0.717) is 29.2 Å². The number of rotatable bonds is 8. The second-order valence-corrected chi connectivity index (χ2v) is 8.28. The molecule has 1 aliphatic rings. The van der Waals surface area contributed by atoms with Crippen LogP contribution in [-0.4, -0.2) is 60.4 Å². The number of nitrogens with zero attached hydrogens (tertiary/aromatic N) is 2. The number of ether oxygens (including phenoxy) is 2. The number of amides is 3. The molecule has 2 aromatic carbocycles. The first kappa shape index (κ1) is 22.6. The molecule has 3 aromatic rings. The van der Waals surface area contributed by atoms with Crippen molar-refractivity contribution in [2.24, 2.45) is 0 Å². The van der Waals surface area contributed by atoms with Crippen LogP contribution in [0.4, 0.5) is 5.13 Å². The zero-order chi connectivity index (χ0) is 23.5. The monoisotopic (exact) mass is 467 g/mol. The molecule has 0 bridgehead atoms. The third-order valence-corrected chi connectivity index (χ3v) is 6.02. The normalized spacial score (nSPS) is 12.8. The standard InChI is InChI=1S/C23H21N3O6S/c1-3-32-22(30)14-6-8-17-18(12-14)33-23(24-17)25-19(27)13-5-7-15-16(11-13)21(29)26(20(15)28)9-4-10-31-2/h5-8,11-12H,3-4,9-10H2,1-2H3,(H,24,25,27). The third-order valence-electron chi connectivity index (χ3n) is 5.08. The second kappa shape index (κ2) is 9.47. The van der Waals surface area contributed by atoms with Crippen molar-refractivity contribution in [2.75, 3.05) is 32.2 Å². The van der Waals surface area contributed by atoms with Gasteiger partial charge in [-0.3, -0.25) is 24.6 Å². The predicted molar refractivity (Wildman–Crippen MR) is 122 cm³/mol. The highest BCUT2D eigenvalue weighted by atomic mass is 32.1. The first-order valence-corrected chi connectivity index (χ1v) is 11.1. The third kappa shape index (κ3) is 4.48. The Morgan fingerprint density at radius 2 is 1.82 bits per heavy atom. The number of methoxy groups -OCH3 is 1. The summed E-state index contributed by atoms with van der Waals surface area (Å²) >= 11 is 1.22. The van der Waals surface area contributed by atoms with Crippen LogP contribution in [0, 0.1) is 0 Å². The lowest BCUT2D eigenvalue weighted by molar-refractivity contribution is 0.0525. The molecule has 1 N–H and O–H groups in total. The Bertz CT molecular complexity index is 1270. The molecular weight excluding hydrogens is 446 g/mol. The van der Waals surface area contributed by atoms with Gasteiger partial charge in [0.1, 0.15) is 0 Å². The van der Waals surface area contributed by atoms with Crippen LogP contribution in [0.2, 0.25) is 0 Å². The number of hydrogen-bond donors (Lipinski definition) is 1. The molecule has 0 atom stereocenters. The van der Waals surface area contributed by atoms with E-state index in [1.807, 2.05) is 0 Å². The number of fused-ring (bicyclic) bond motifs is 2. The number of thiazole rings is 1. The molecule has 9 nitrogen and oxygen atoms in total. The molecule has 10 heteroatoms. The number of hydrogen-bond acceptors (Lipinski definition) is 8. The predicted octanol–water partition coefficient (Wildman–Crippen LogP) is 3.36. The van der Waals surface area contributed by atoms with Gasteiger partial charge >= 0.3 is 5.97 Å². The van der Waals surface area contributed by atoms with Crippen LogP contribution < -0.4 is 5.32 Å². The van der Waals surface area contributed by atoms with E-state index in [1.54, 1.807) is 32.2 Å². The summed E-state index contributed by atoms with van der Waals surface area (Å²) in [6.45, 7) is 2.70. The zero-order valence-electron chi connectivity index (χ0n) is 18.0. The maximum Gasteiger partial charge on any atom is 0.338 e. The average Bonchev–Trinajstić information content (AvgIpc) is 3.31. The Kier molecular flexibility index (Phi) is 6.47. The molecule has 0 saturated carbocycles. The lowest BCUT2D eigenvalue weighted by atomic mass is 10.1. The molecule has 0 aliphatic carbocycles. The van der Waals surface area contributed by atoms with Gasteiger partial charge in [-0.1, -0.05) is 11.3 Å². The highest BCUT2D eigenvalue weighted by Crippen LogP contribution is 2.28. The fourth-order valence-corrected chi connectivity index (χ4v) is 4.39. The van der Waals surface area contributed by atoms with Crippen LogP contribution in [0.5, 0.6) is 0 Å². The highest BCUT2D eigenvalue weighted by Gasteiger charge is 2.35. The number of nitrogens with one attached hydrogen (secondary N) is 1. The van der Waals surface area contributed by atoms with E-state index in [-0.39, 0.29) is 35.7 Å². The number of carbonyl (C=O) groups is 4. The van der Waals surface area contributed by atoms with Gasteiger partial charge in [0.05, 0.1) is 33.5 Å². The molecule has 3 amide bonds. The molecule has 0 fully saturated rings. The van der Waals surface area contributed by atoms with E-state index in [4.69, 9.17) is 9.47 Å². The van der Waals surface area contributed by atoms with Crippen molar-refractivity contribution in [3.05, 3.63) is 58.7 Å². The molecule has 1 aromatic heterocycles. The van der Waals surface area contributed by atoms with Crippen molar-refractivity contribution in [1.82, 2.24) is 9.88 Å². The molecule has 0 saturated heterocycles. The van der Waals surface area contributed by atoms with Crippen LogP contribution in [0.3, 0.4) is 0 Å². The van der Waals surface area contributed by atoms with E-state index in [2.05, 4.69) is 10.3 Å². The molecule has 0 spiro atoms. The van der Waals surface area contributed by atoms with Crippen LogP contribution in [0.25, 0.3) is 10.2 Å². The lowest BCUT2D eigenvalue weighted by Crippen LogP contribution is -2.31. The van der Waals surface area contributed by atoms with Crippen LogP contribution in [-0.2, 0) is 9.47 Å². The van der Waals surface area contributed by atoms with Crippen molar-refractivity contribution in [3.63, 3.8) is 0 Å². The lowest BCUT2D eigenvalue weighted by Gasteiger charge is -2.12. The van der Waals surface area contributed by atoms with Gasteiger partial charge in [0.2, 0.25) is 0 Å². The Labute approximate surface area is 193 Å². The summed E-state index contributed by atoms with van der Waals surface area (Å²) in [6.07, 6.45) is 0.533. The van der Waals surface area contributed by atoms with Gasteiger partial charge in [-0.25, -0.2) is 9.78 Å². The largest absolute Gasteiger partial charge is 0.462 e. The minimum absolute atomic E-state index is 0.202. The fourth-order valence-electron chi connectivity index (χ4n) is 3.49. The quantitative estimate of drug-likeness (QED) is 0.307. The van der Waals surface area contributed by atoms with Gasteiger partial charge < -0.3 is 9.47 Å². The van der Waals surface area contributed by atoms with Crippen molar-refractivity contribution in [2.45, 2.75) is 13.3 Å². The summed E-state index contributed by atoms with van der Waals surface area (Å²) in [5, 5.41) is 3.07. The number of benzene rings is 2. The first-order chi connectivity index (χ1) is 15.9. The smallest absolute Gasteiger partial charge is 0.338 e. The first-order valence-electron chi connectivity index (χ1n) is 10.3. The summed E-state index contributed by atoms with van der Waals surface area (Å²) in [5.41, 5.74) is 1.75. The van der Waals surface area contributed by atoms with Crippen molar-refractivity contribution in [3.8, 4) is 0 Å². The summed E-state index contributed by atoms with van der Waals surface area (Å²) < 4.78 is 10.7. The minimum atomic E-state index is -0.458.